The van der Waals surface area contributed by atoms with E-state index in [1.165, 1.54) is 162 Å². The number of benzene rings is 2. The molecule has 0 heterocycles. The zero-order chi connectivity index (χ0) is 29.1. The number of hydrogen-bond acceptors (Lipinski definition) is 2. The smallest absolute Gasteiger partial charge is 0.122 e. The van der Waals surface area contributed by atoms with Gasteiger partial charge in [-0.3, -0.25) is 0 Å². The summed E-state index contributed by atoms with van der Waals surface area (Å²) in [6.45, 7) is 4.83. The quantitative estimate of drug-likeness (QED) is 0.347. The molecule has 4 fully saturated rings. The van der Waals surface area contributed by atoms with E-state index in [9.17, 15) is 10.2 Å². The molecule has 0 unspecified atom stereocenters. The summed E-state index contributed by atoms with van der Waals surface area (Å²) in [7, 11) is 0. The number of hydrogen-bond donors (Lipinski definition) is 2. The molecule has 230 valence electrons. The summed E-state index contributed by atoms with van der Waals surface area (Å²) in [5.41, 5.74) is 7.62. The van der Waals surface area contributed by atoms with Crippen molar-refractivity contribution < 1.29 is 10.2 Å². The number of phenolic OH excluding ortho intramolecular Hbond substituents is 2. The topological polar surface area (TPSA) is 40.5 Å². The van der Waals surface area contributed by atoms with Crippen LogP contribution in [0.1, 0.15) is 206 Å². The van der Waals surface area contributed by atoms with Crippen LogP contribution in [-0.4, -0.2) is 10.2 Å². The van der Waals surface area contributed by atoms with E-state index < -0.39 is 0 Å². The van der Waals surface area contributed by atoms with E-state index in [4.69, 9.17) is 0 Å². The summed E-state index contributed by atoms with van der Waals surface area (Å²) in [5, 5.41) is 23.7. The first-order chi connectivity index (χ1) is 20.5. The van der Waals surface area contributed by atoms with Gasteiger partial charge in [0.1, 0.15) is 11.5 Å². The van der Waals surface area contributed by atoms with Gasteiger partial charge in [0.15, 0.2) is 0 Å². The molecule has 0 saturated heterocycles. The number of aromatic hydroxyl groups is 2. The third-order valence-electron chi connectivity index (χ3n) is 12.5. The zero-order valence-corrected chi connectivity index (χ0v) is 26.9. The highest BCUT2D eigenvalue weighted by atomic mass is 16.3. The molecule has 0 atom stereocenters. The Morgan fingerprint density at radius 2 is 0.714 bits per heavy atom. The van der Waals surface area contributed by atoms with Crippen molar-refractivity contribution in [2.45, 2.75) is 178 Å². The van der Waals surface area contributed by atoms with Crippen molar-refractivity contribution in [2.24, 2.45) is 0 Å². The molecule has 0 aliphatic heterocycles. The van der Waals surface area contributed by atoms with Gasteiger partial charge in [-0.05, 0) is 115 Å². The van der Waals surface area contributed by atoms with Crippen molar-refractivity contribution in [1.82, 2.24) is 0 Å². The van der Waals surface area contributed by atoms with Crippen LogP contribution in [0.25, 0.3) is 0 Å². The van der Waals surface area contributed by atoms with Crippen LogP contribution < -0.4 is 0 Å². The average Bonchev–Trinajstić information content (AvgIpc) is 3.06. The van der Waals surface area contributed by atoms with Crippen LogP contribution in [0.5, 0.6) is 11.5 Å². The largest absolute Gasteiger partial charge is 0.507 e. The van der Waals surface area contributed by atoms with Gasteiger partial charge < -0.3 is 10.2 Å². The number of rotatable bonds is 7. The van der Waals surface area contributed by atoms with Crippen molar-refractivity contribution in [3.05, 3.63) is 57.6 Å². The van der Waals surface area contributed by atoms with Gasteiger partial charge >= 0.3 is 0 Å². The Labute approximate surface area is 256 Å². The molecule has 2 nitrogen and oxygen atoms in total. The van der Waals surface area contributed by atoms with Crippen LogP contribution >= 0.6 is 0 Å². The molecule has 4 aliphatic rings. The Hall–Kier alpha value is -1.96. The Morgan fingerprint density at radius 1 is 0.476 bits per heavy atom. The van der Waals surface area contributed by atoms with Gasteiger partial charge in [-0.1, -0.05) is 115 Å². The maximum atomic E-state index is 11.9. The summed E-state index contributed by atoms with van der Waals surface area (Å²) >= 11 is 0. The van der Waals surface area contributed by atoms with Crippen LogP contribution in [-0.2, 0) is 5.41 Å². The molecule has 42 heavy (non-hydrogen) atoms. The first-order valence-electron chi connectivity index (χ1n) is 18.2. The minimum absolute atomic E-state index is 0.152. The lowest BCUT2D eigenvalue weighted by Gasteiger charge is -2.36. The van der Waals surface area contributed by atoms with Gasteiger partial charge in [-0.2, -0.15) is 0 Å². The first kappa shape index (κ1) is 30.1. The molecule has 4 aliphatic carbocycles. The summed E-state index contributed by atoms with van der Waals surface area (Å²) < 4.78 is 0. The molecule has 6 rings (SSSR count). The van der Waals surface area contributed by atoms with Gasteiger partial charge in [0.2, 0.25) is 0 Å². The Balaban J connectivity index is 1.49. The second-order valence-electron chi connectivity index (χ2n) is 15.0. The Morgan fingerprint density at radius 3 is 0.929 bits per heavy atom. The van der Waals surface area contributed by atoms with E-state index in [1.807, 2.05) is 0 Å². The van der Waals surface area contributed by atoms with E-state index >= 15 is 0 Å². The molecule has 2 aromatic rings. The van der Waals surface area contributed by atoms with Crippen LogP contribution in [0.15, 0.2) is 24.3 Å². The van der Waals surface area contributed by atoms with E-state index in [1.54, 1.807) is 0 Å². The van der Waals surface area contributed by atoms with E-state index in [-0.39, 0.29) is 5.41 Å². The fourth-order valence-electron chi connectivity index (χ4n) is 9.47. The third-order valence-corrected chi connectivity index (χ3v) is 12.5. The van der Waals surface area contributed by atoms with Crippen molar-refractivity contribution >= 4 is 0 Å². The monoisotopic (exact) mass is 570 g/mol. The maximum absolute atomic E-state index is 11.9. The lowest BCUT2D eigenvalue weighted by Crippen LogP contribution is -2.25. The molecule has 0 amide bonds. The van der Waals surface area contributed by atoms with Crippen molar-refractivity contribution in [2.75, 3.05) is 0 Å². The van der Waals surface area contributed by atoms with Crippen LogP contribution in [0.4, 0.5) is 0 Å². The lowest BCUT2D eigenvalue weighted by molar-refractivity contribution is 0.389. The second-order valence-corrected chi connectivity index (χ2v) is 15.0. The molecule has 4 saturated carbocycles. The summed E-state index contributed by atoms with van der Waals surface area (Å²) in [6, 6.07) is 9.76. The van der Waals surface area contributed by atoms with Gasteiger partial charge in [0.05, 0.1) is 0 Å². The molecule has 2 aromatic carbocycles. The summed E-state index contributed by atoms with van der Waals surface area (Å²) in [5.74, 6) is 3.20. The highest BCUT2D eigenvalue weighted by Gasteiger charge is 2.35. The van der Waals surface area contributed by atoms with E-state index in [2.05, 4.69) is 38.1 Å². The SMILES string of the molecule is CCC(C)(c1cc(C2CCCCC2)c(O)c(C2CCCCC2)c1)c1cc(C2CCCCC2)c(O)c(C2CCCCC2)c1. The average molecular weight is 571 g/mol. The minimum atomic E-state index is -0.152. The van der Waals surface area contributed by atoms with Crippen molar-refractivity contribution in [3.8, 4) is 11.5 Å². The summed E-state index contributed by atoms with van der Waals surface area (Å²) in [6.07, 6.45) is 26.3. The van der Waals surface area contributed by atoms with Gasteiger partial charge in [-0.25, -0.2) is 0 Å². The highest BCUT2D eigenvalue weighted by molar-refractivity contribution is 5.55. The Kier molecular flexibility index (Phi) is 9.57. The normalized spacial score (nSPS) is 22.4. The van der Waals surface area contributed by atoms with Crippen molar-refractivity contribution in [3.63, 3.8) is 0 Å². The third kappa shape index (κ3) is 6.03. The van der Waals surface area contributed by atoms with Gasteiger partial charge in [0, 0.05) is 5.41 Å². The number of phenols is 2. The van der Waals surface area contributed by atoms with Crippen LogP contribution in [0.3, 0.4) is 0 Å². The molecule has 0 radical (unpaired) electrons. The molecular weight excluding hydrogens is 512 g/mol. The van der Waals surface area contributed by atoms with E-state index in [0.717, 1.165) is 6.42 Å². The second kappa shape index (κ2) is 13.4. The molecule has 2 N–H and O–H groups in total. The van der Waals surface area contributed by atoms with Crippen LogP contribution in [0, 0.1) is 0 Å². The molecule has 2 heteroatoms. The maximum Gasteiger partial charge on any atom is 0.122 e. The highest BCUT2D eigenvalue weighted by Crippen LogP contribution is 2.50. The molecule has 0 bridgehead atoms. The van der Waals surface area contributed by atoms with Gasteiger partial charge in [0.25, 0.3) is 0 Å². The fourth-order valence-corrected chi connectivity index (χ4v) is 9.47. The summed E-state index contributed by atoms with van der Waals surface area (Å²) in [4.78, 5) is 0. The predicted molar refractivity (Wildman–Crippen MR) is 176 cm³/mol. The lowest BCUT2D eigenvalue weighted by atomic mass is 9.68. The minimum Gasteiger partial charge on any atom is -0.507 e. The standard InChI is InChI=1S/C40H58O2/c1-3-40(2,32-24-34(28-16-8-4-9-17-28)38(41)35(25-32)29-18-10-5-11-19-29)33-26-36(30-20-12-6-13-21-30)39(42)37(27-33)31-22-14-7-15-23-31/h24-31,41-42H,3-23H2,1-2H3. The zero-order valence-electron chi connectivity index (χ0n) is 26.9. The van der Waals surface area contributed by atoms with E-state index in [0.29, 0.717) is 35.2 Å². The van der Waals surface area contributed by atoms with Crippen LogP contribution in [0.2, 0.25) is 0 Å². The first-order valence-corrected chi connectivity index (χ1v) is 18.2. The van der Waals surface area contributed by atoms with Crippen molar-refractivity contribution in [1.29, 1.82) is 0 Å². The predicted octanol–water partition coefficient (Wildman–Crippen LogP) is 12.0. The molecular formula is C40H58O2. The fraction of sp³-hybridized carbons (Fsp3) is 0.700. The molecule has 0 aromatic heterocycles. The Bertz CT molecular complexity index is 1020. The van der Waals surface area contributed by atoms with Gasteiger partial charge in [-0.15, -0.1) is 0 Å². The molecule has 0 spiro atoms.